The molecule has 2 saturated heterocycles. The van der Waals surface area contributed by atoms with E-state index in [1.807, 2.05) is 30.9 Å². The van der Waals surface area contributed by atoms with E-state index in [0.717, 1.165) is 36.2 Å². The number of ether oxygens (including phenoxy) is 1. The molecule has 118 valence electrons. The lowest BCUT2D eigenvalue weighted by atomic mass is 10.1. The molecule has 2 aliphatic rings. The Morgan fingerprint density at radius 2 is 1.73 bits per heavy atom. The van der Waals surface area contributed by atoms with Crippen molar-refractivity contribution < 1.29 is 14.3 Å². The fourth-order valence-electron chi connectivity index (χ4n) is 3.33. The van der Waals surface area contributed by atoms with Crippen molar-refractivity contribution in [3.8, 4) is 0 Å². The molecule has 0 spiro atoms. The third-order valence-electron chi connectivity index (χ3n) is 4.42. The highest BCUT2D eigenvalue weighted by molar-refractivity contribution is 5.94. The van der Waals surface area contributed by atoms with Crippen LogP contribution in [0.3, 0.4) is 0 Å². The predicted molar refractivity (Wildman–Crippen MR) is 82.8 cm³/mol. The van der Waals surface area contributed by atoms with E-state index in [9.17, 15) is 9.59 Å². The van der Waals surface area contributed by atoms with E-state index in [1.54, 1.807) is 0 Å². The van der Waals surface area contributed by atoms with Crippen LogP contribution in [0.4, 0.5) is 0 Å². The van der Waals surface area contributed by atoms with Crippen molar-refractivity contribution in [2.45, 2.75) is 26.3 Å². The molecule has 2 heterocycles. The van der Waals surface area contributed by atoms with E-state index in [2.05, 4.69) is 11.0 Å². The molecule has 0 aliphatic carbocycles. The number of benzene rings is 1. The number of piperazine rings is 1. The van der Waals surface area contributed by atoms with Gasteiger partial charge in [-0.25, -0.2) is 0 Å². The number of nitrogens with zero attached hydrogens (tertiary/aromatic N) is 2. The topological polar surface area (TPSA) is 49.9 Å². The summed E-state index contributed by atoms with van der Waals surface area (Å²) in [6, 6.07) is 5.84. The van der Waals surface area contributed by atoms with Gasteiger partial charge in [-0.15, -0.1) is 0 Å². The zero-order valence-corrected chi connectivity index (χ0v) is 13.2. The average molecular weight is 302 g/mol. The lowest BCUT2D eigenvalue weighted by Gasteiger charge is -2.36. The summed E-state index contributed by atoms with van der Waals surface area (Å²) in [5.74, 6) is -0.0328. The van der Waals surface area contributed by atoms with Crippen molar-refractivity contribution in [1.82, 2.24) is 9.80 Å². The summed E-state index contributed by atoms with van der Waals surface area (Å²) in [4.78, 5) is 28.3. The number of carbonyl (C=O) groups excluding carboxylic acids is 2. The molecule has 1 aromatic carbocycles. The molecule has 5 heteroatoms. The van der Waals surface area contributed by atoms with Gasteiger partial charge in [0, 0.05) is 38.2 Å². The smallest absolute Gasteiger partial charge is 0.323 e. The van der Waals surface area contributed by atoms with E-state index in [4.69, 9.17) is 4.74 Å². The zero-order chi connectivity index (χ0) is 15.7. The minimum Gasteiger partial charge on any atom is -0.464 e. The maximum atomic E-state index is 12.6. The molecule has 5 nitrogen and oxygen atoms in total. The van der Waals surface area contributed by atoms with Gasteiger partial charge in [-0.1, -0.05) is 17.2 Å². The first-order valence-corrected chi connectivity index (χ1v) is 7.83. The van der Waals surface area contributed by atoms with Crippen molar-refractivity contribution >= 4 is 11.9 Å². The summed E-state index contributed by atoms with van der Waals surface area (Å²) in [5, 5.41) is 0. The summed E-state index contributed by atoms with van der Waals surface area (Å²) < 4.78 is 5.03. The second-order valence-corrected chi connectivity index (χ2v) is 6.18. The summed E-state index contributed by atoms with van der Waals surface area (Å²) in [6.45, 7) is 7.32. The van der Waals surface area contributed by atoms with Crippen LogP contribution >= 0.6 is 0 Å². The van der Waals surface area contributed by atoms with Crippen LogP contribution in [0.2, 0.25) is 0 Å². The van der Waals surface area contributed by atoms with Gasteiger partial charge < -0.3 is 9.64 Å². The van der Waals surface area contributed by atoms with Gasteiger partial charge in [0.25, 0.3) is 5.91 Å². The normalized spacial score (nSPS) is 22.7. The van der Waals surface area contributed by atoms with Crippen molar-refractivity contribution in [2.24, 2.45) is 0 Å². The molecule has 0 radical (unpaired) electrons. The number of amides is 1. The van der Waals surface area contributed by atoms with Gasteiger partial charge in [0.15, 0.2) is 0 Å². The van der Waals surface area contributed by atoms with E-state index in [0.29, 0.717) is 19.7 Å². The van der Waals surface area contributed by atoms with Crippen molar-refractivity contribution in [3.05, 3.63) is 34.9 Å². The third kappa shape index (κ3) is 2.99. The fraction of sp³-hybridized carbons (Fsp3) is 0.529. The van der Waals surface area contributed by atoms with Gasteiger partial charge in [0.1, 0.15) is 6.04 Å². The maximum Gasteiger partial charge on any atom is 0.323 e. The summed E-state index contributed by atoms with van der Waals surface area (Å²) in [5.41, 5.74) is 2.97. The Kier molecular flexibility index (Phi) is 4.16. The number of carbonyl (C=O) groups is 2. The molecule has 2 fully saturated rings. The first-order valence-electron chi connectivity index (χ1n) is 7.83. The van der Waals surface area contributed by atoms with Gasteiger partial charge in [-0.05, 0) is 26.0 Å². The average Bonchev–Trinajstić information content (AvgIpc) is 2.92. The van der Waals surface area contributed by atoms with E-state index < -0.39 is 0 Å². The molecule has 22 heavy (non-hydrogen) atoms. The molecule has 0 aromatic heterocycles. The molecule has 0 bridgehead atoms. The first-order chi connectivity index (χ1) is 10.5. The molecule has 0 N–H and O–H groups in total. The van der Waals surface area contributed by atoms with Crippen LogP contribution < -0.4 is 0 Å². The lowest BCUT2D eigenvalue weighted by molar-refractivity contribution is -0.142. The minimum atomic E-state index is -0.117. The van der Waals surface area contributed by atoms with Crippen LogP contribution in [0.5, 0.6) is 0 Å². The van der Waals surface area contributed by atoms with Crippen LogP contribution in [-0.4, -0.2) is 60.5 Å². The highest BCUT2D eigenvalue weighted by atomic mass is 16.5. The molecular weight excluding hydrogens is 280 g/mol. The van der Waals surface area contributed by atoms with Crippen molar-refractivity contribution in [3.63, 3.8) is 0 Å². The number of rotatable bonds is 2. The molecule has 2 aliphatic heterocycles. The van der Waals surface area contributed by atoms with Crippen LogP contribution in [-0.2, 0) is 9.53 Å². The Bertz CT molecular complexity index is 571. The second-order valence-electron chi connectivity index (χ2n) is 6.18. The lowest BCUT2D eigenvalue weighted by Crippen LogP contribution is -2.53. The summed E-state index contributed by atoms with van der Waals surface area (Å²) in [7, 11) is 0. The maximum absolute atomic E-state index is 12.6. The monoisotopic (exact) mass is 302 g/mol. The number of hydrogen-bond acceptors (Lipinski definition) is 4. The van der Waals surface area contributed by atoms with Gasteiger partial charge >= 0.3 is 5.97 Å². The number of cyclic esters (lactones) is 1. The molecule has 0 saturated carbocycles. The van der Waals surface area contributed by atoms with Gasteiger partial charge in [0.2, 0.25) is 0 Å². The molecule has 0 unspecified atom stereocenters. The Morgan fingerprint density at radius 3 is 2.27 bits per heavy atom. The minimum absolute atomic E-state index is 0.0837. The highest BCUT2D eigenvalue weighted by Crippen LogP contribution is 2.18. The zero-order valence-electron chi connectivity index (χ0n) is 13.2. The van der Waals surface area contributed by atoms with Crippen molar-refractivity contribution in [1.29, 1.82) is 0 Å². The Balaban J connectivity index is 1.63. The van der Waals surface area contributed by atoms with Crippen LogP contribution in [0.15, 0.2) is 18.2 Å². The standard InChI is InChI=1S/C17H22N2O3/c1-12-9-13(2)11-14(10-12)16(20)19-6-4-18(5-7-19)15-3-8-22-17(15)21/h9-11,15H,3-8H2,1-2H3/t15-/m0/s1. The second kappa shape index (κ2) is 6.08. The summed E-state index contributed by atoms with van der Waals surface area (Å²) >= 11 is 0. The van der Waals surface area contributed by atoms with Crippen LogP contribution in [0.25, 0.3) is 0 Å². The third-order valence-corrected chi connectivity index (χ3v) is 4.42. The van der Waals surface area contributed by atoms with Gasteiger partial charge in [0.05, 0.1) is 6.61 Å². The highest BCUT2D eigenvalue weighted by Gasteiger charge is 2.34. The number of aryl methyl sites for hydroxylation is 2. The quantitative estimate of drug-likeness (QED) is 0.775. The molecule has 1 aromatic rings. The number of hydrogen-bond donors (Lipinski definition) is 0. The Morgan fingerprint density at radius 1 is 1.09 bits per heavy atom. The van der Waals surface area contributed by atoms with E-state index in [1.165, 1.54) is 0 Å². The largest absolute Gasteiger partial charge is 0.464 e. The molecular formula is C17H22N2O3. The van der Waals surface area contributed by atoms with Gasteiger partial charge in [-0.2, -0.15) is 0 Å². The SMILES string of the molecule is Cc1cc(C)cc(C(=O)N2CCN([C@H]3CCOC3=O)CC2)c1. The molecule has 1 atom stereocenters. The Hall–Kier alpha value is -1.88. The summed E-state index contributed by atoms with van der Waals surface area (Å²) in [6.07, 6.45) is 0.768. The predicted octanol–water partition coefficient (Wildman–Crippen LogP) is 1.38. The van der Waals surface area contributed by atoms with E-state index in [-0.39, 0.29) is 17.9 Å². The molecule has 1 amide bonds. The van der Waals surface area contributed by atoms with E-state index >= 15 is 0 Å². The fourth-order valence-corrected chi connectivity index (χ4v) is 3.33. The van der Waals surface area contributed by atoms with Crippen molar-refractivity contribution in [2.75, 3.05) is 32.8 Å². The Labute approximate surface area is 130 Å². The van der Waals surface area contributed by atoms with Crippen LogP contribution in [0, 0.1) is 13.8 Å². The van der Waals surface area contributed by atoms with Crippen LogP contribution in [0.1, 0.15) is 27.9 Å². The van der Waals surface area contributed by atoms with Gasteiger partial charge in [-0.3, -0.25) is 14.5 Å². The molecule has 3 rings (SSSR count). The first kappa shape index (κ1) is 15.0. The number of esters is 1.